The number of nitrogens with one attached hydrogen (secondary N) is 2. The topological polar surface area (TPSA) is 67.4 Å². The molecule has 2 aromatic rings. The molecule has 0 aliphatic heterocycles. The number of benzene rings is 2. The highest BCUT2D eigenvalue weighted by Crippen LogP contribution is 2.10. The minimum atomic E-state index is -0.203. The van der Waals surface area contributed by atoms with Crippen LogP contribution in [0.1, 0.15) is 34.1 Å². The molecule has 0 aliphatic rings. The Morgan fingerprint density at radius 1 is 1.00 bits per heavy atom. The fourth-order valence-corrected chi connectivity index (χ4v) is 2.65. The van der Waals surface area contributed by atoms with Gasteiger partial charge in [-0.15, -0.1) is 0 Å². The minimum absolute atomic E-state index is 0.121. The maximum absolute atomic E-state index is 12.2. The van der Waals surface area contributed by atoms with Crippen LogP contribution in [0.2, 0.25) is 5.02 Å². The minimum Gasteiger partial charge on any atom is -0.377 e. The third-order valence-electron chi connectivity index (χ3n) is 3.77. The van der Waals surface area contributed by atoms with Gasteiger partial charge in [0.05, 0.1) is 6.10 Å². The Balaban J connectivity index is 1.79. The van der Waals surface area contributed by atoms with Crippen LogP contribution < -0.4 is 10.6 Å². The summed E-state index contributed by atoms with van der Waals surface area (Å²) in [6.45, 7) is 3.25. The van der Waals surface area contributed by atoms with E-state index in [4.69, 9.17) is 16.3 Å². The molecule has 2 aromatic carbocycles. The first-order valence-corrected chi connectivity index (χ1v) is 8.96. The van der Waals surface area contributed by atoms with Crippen LogP contribution in [0, 0.1) is 0 Å². The third-order valence-corrected chi connectivity index (χ3v) is 4.00. The van der Waals surface area contributed by atoms with Crippen LogP contribution >= 0.6 is 11.6 Å². The van der Waals surface area contributed by atoms with Crippen molar-refractivity contribution < 1.29 is 14.3 Å². The van der Waals surface area contributed by atoms with Crippen molar-refractivity contribution >= 4 is 23.4 Å². The number of rotatable bonds is 9. The molecule has 2 amide bonds. The van der Waals surface area contributed by atoms with Gasteiger partial charge in [-0.2, -0.15) is 0 Å². The lowest BCUT2D eigenvalue weighted by atomic mass is 10.2. The van der Waals surface area contributed by atoms with Crippen LogP contribution in [0.25, 0.3) is 0 Å². The highest BCUT2D eigenvalue weighted by atomic mass is 35.5. The fourth-order valence-electron chi connectivity index (χ4n) is 2.46. The smallest absolute Gasteiger partial charge is 0.251 e. The van der Waals surface area contributed by atoms with E-state index in [1.165, 1.54) is 0 Å². The summed E-state index contributed by atoms with van der Waals surface area (Å²) in [6.07, 6.45) is 0.418. The van der Waals surface area contributed by atoms with E-state index in [-0.39, 0.29) is 17.9 Å². The van der Waals surface area contributed by atoms with Gasteiger partial charge in [-0.3, -0.25) is 9.59 Å². The van der Waals surface area contributed by atoms with E-state index < -0.39 is 0 Å². The number of amides is 2. The van der Waals surface area contributed by atoms with Crippen LogP contribution in [0.4, 0.5) is 0 Å². The van der Waals surface area contributed by atoms with Crippen molar-refractivity contribution in [3.05, 3.63) is 70.7 Å². The number of carbonyl (C=O) groups is 2. The molecule has 0 radical (unpaired) electrons. The van der Waals surface area contributed by atoms with E-state index in [1.54, 1.807) is 36.4 Å². The molecule has 0 fully saturated rings. The molecule has 138 valence electrons. The first-order valence-electron chi connectivity index (χ1n) is 8.58. The Kier molecular flexibility index (Phi) is 8.12. The van der Waals surface area contributed by atoms with Gasteiger partial charge in [-0.25, -0.2) is 0 Å². The molecule has 0 aromatic heterocycles. The Labute approximate surface area is 158 Å². The summed E-state index contributed by atoms with van der Waals surface area (Å²) < 4.78 is 5.65. The van der Waals surface area contributed by atoms with Crippen LogP contribution in [0.3, 0.4) is 0 Å². The van der Waals surface area contributed by atoms with Crippen LogP contribution in [0.15, 0.2) is 54.6 Å². The number of carbonyl (C=O) groups excluding carboxylic acids is 2. The van der Waals surface area contributed by atoms with Crippen molar-refractivity contribution in [2.24, 2.45) is 0 Å². The Bertz CT molecular complexity index is 722. The normalized spacial score (nSPS) is 11.6. The summed E-state index contributed by atoms with van der Waals surface area (Å²) in [5.74, 6) is -0.325. The zero-order valence-electron chi connectivity index (χ0n) is 14.7. The van der Waals surface area contributed by atoms with Gasteiger partial charge in [0.1, 0.15) is 0 Å². The maximum Gasteiger partial charge on any atom is 0.251 e. The molecule has 1 atom stereocenters. The van der Waals surface area contributed by atoms with Gasteiger partial charge in [0.25, 0.3) is 11.8 Å². The summed E-state index contributed by atoms with van der Waals surface area (Å²) in [5.41, 5.74) is 1.12. The van der Waals surface area contributed by atoms with E-state index in [1.807, 2.05) is 25.1 Å². The SMILES string of the molecule is CCOC(CCNC(=O)c1ccccc1)CNC(=O)c1cccc(Cl)c1. The van der Waals surface area contributed by atoms with Crippen LogP contribution in [-0.2, 0) is 4.74 Å². The quantitative estimate of drug-likeness (QED) is 0.707. The second-order valence-electron chi connectivity index (χ2n) is 5.71. The predicted octanol–water partition coefficient (Wildman–Crippen LogP) is 3.30. The molecule has 0 saturated carbocycles. The highest BCUT2D eigenvalue weighted by molar-refractivity contribution is 6.30. The first-order chi connectivity index (χ1) is 12.6. The van der Waals surface area contributed by atoms with Gasteiger partial charge in [0.2, 0.25) is 0 Å². The van der Waals surface area contributed by atoms with Crippen LogP contribution in [-0.4, -0.2) is 37.6 Å². The van der Waals surface area contributed by atoms with E-state index in [2.05, 4.69) is 10.6 Å². The standard InChI is InChI=1S/C20H23ClN2O3/c1-2-26-18(11-12-22-19(24)15-7-4-3-5-8-15)14-23-20(25)16-9-6-10-17(21)13-16/h3-10,13,18H,2,11-12,14H2,1H3,(H,22,24)(H,23,25). The van der Waals surface area contributed by atoms with Crippen molar-refractivity contribution in [3.8, 4) is 0 Å². The van der Waals surface area contributed by atoms with Crippen molar-refractivity contribution in [1.29, 1.82) is 0 Å². The lowest BCUT2D eigenvalue weighted by Crippen LogP contribution is -2.36. The number of hydrogen-bond acceptors (Lipinski definition) is 3. The van der Waals surface area contributed by atoms with Gasteiger partial charge < -0.3 is 15.4 Å². The highest BCUT2D eigenvalue weighted by Gasteiger charge is 2.13. The van der Waals surface area contributed by atoms with Gasteiger partial charge in [-0.1, -0.05) is 35.9 Å². The molecule has 6 heteroatoms. The maximum atomic E-state index is 12.2. The molecule has 0 heterocycles. The molecule has 1 unspecified atom stereocenters. The number of halogens is 1. The van der Waals surface area contributed by atoms with Gasteiger partial charge in [0.15, 0.2) is 0 Å². The zero-order chi connectivity index (χ0) is 18.8. The molecule has 2 rings (SSSR count). The third kappa shape index (κ3) is 6.50. The van der Waals surface area contributed by atoms with Crippen molar-refractivity contribution in [2.75, 3.05) is 19.7 Å². The average Bonchev–Trinajstić information content (AvgIpc) is 2.66. The number of hydrogen-bond donors (Lipinski definition) is 2. The van der Waals surface area contributed by atoms with Crippen LogP contribution in [0.5, 0.6) is 0 Å². The molecule has 0 spiro atoms. The lowest BCUT2D eigenvalue weighted by Gasteiger charge is -2.18. The van der Waals surface area contributed by atoms with Gasteiger partial charge >= 0.3 is 0 Å². The Hall–Kier alpha value is -2.37. The van der Waals surface area contributed by atoms with Gasteiger partial charge in [0, 0.05) is 35.8 Å². The van der Waals surface area contributed by atoms with E-state index in [0.717, 1.165) is 0 Å². The summed E-state index contributed by atoms with van der Waals surface area (Å²) >= 11 is 5.91. The lowest BCUT2D eigenvalue weighted by molar-refractivity contribution is 0.0534. The van der Waals surface area contributed by atoms with Crippen molar-refractivity contribution in [2.45, 2.75) is 19.4 Å². The monoisotopic (exact) mass is 374 g/mol. The molecular formula is C20H23ClN2O3. The Morgan fingerprint density at radius 2 is 1.69 bits per heavy atom. The van der Waals surface area contributed by atoms with E-state index >= 15 is 0 Å². The molecule has 0 saturated heterocycles. The molecule has 26 heavy (non-hydrogen) atoms. The predicted molar refractivity (Wildman–Crippen MR) is 103 cm³/mol. The summed E-state index contributed by atoms with van der Waals surface area (Å²) in [4.78, 5) is 24.2. The second-order valence-corrected chi connectivity index (χ2v) is 6.14. The molecule has 0 bridgehead atoms. The van der Waals surface area contributed by atoms with Crippen molar-refractivity contribution in [1.82, 2.24) is 10.6 Å². The second kappa shape index (κ2) is 10.6. The molecule has 0 aliphatic carbocycles. The van der Waals surface area contributed by atoms with Gasteiger partial charge in [-0.05, 0) is 43.7 Å². The van der Waals surface area contributed by atoms with E-state index in [0.29, 0.717) is 42.3 Å². The molecular weight excluding hydrogens is 352 g/mol. The summed E-state index contributed by atoms with van der Waals surface area (Å²) in [7, 11) is 0. The summed E-state index contributed by atoms with van der Waals surface area (Å²) in [5, 5.41) is 6.23. The molecule has 5 nitrogen and oxygen atoms in total. The van der Waals surface area contributed by atoms with E-state index in [9.17, 15) is 9.59 Å². The zero-order valence-corrected chi connectivity index (χ0v) is 15.5. The Morgan fingerprint density at radius 3 is 2.38 bits per heavy atom. The van der Waals surface area contributed by atoms with Crippen molar-refractivity contribution in [3.63, 3.8) is 0 Å². The summed E-state index contributed by atoms with van der Waals surface area (Å²) in [6, 6.07) is 15.8. The molecule has 2 N–H and O–H groups in total. The first kappa shape index (κ1) is 19.9. The largest absolute Gasteiger partial charge is 0.377 e. The number of ether oxygens (including phenoxy) is 1. The fraction of sp³-hybridized carbons (Fsp3) is 0.300. The average molecular weight is 375 g/mol.